The molecule has 0 atom stereocenters. The molecule has 6 nitrogen and oxygen atoms in total. The van der Waals surface area contributed by atoms with Crippen molar-refractivity contribution in [3.05, 3.63) is 35.8 Å². The van der Waals surface area contributed by atoms with Crippen molar-refractivity contribution in [1.29, 1.82) is 0 Å². The first kappa shape index (κ1) is 12.9. The van der Waals surface area contributed by atoms with Gasteiger partial charge in [-0.25, -0.2) is 4.39 Å². The zero-order valence-corrected chi connectivity index (χ0v) is 10.5. The van der Waals surface area contributed by atoms with Crippen LogP contribution in [-0.2, 0) is 0 Å². The fourth-order valence-corrected chi connectivity index (χ4v) is 1.60. The molecule has 0 saturated carbocycles. The zero-order chi connectivity index (χ0) is 13.8. The molecular weight excluding hydrogens is 251 g/mol. The summed E-state index contributed by atoms with van der Waals surface area (Å²) in [7, 11) is 2.99. The number of methoxy groups -OCH3 is 1. The molecule has 0 bridgehead atoms. The monoisotopic (exact) mass is 264 g/mol. The molecule has 1 amide bonds. The van der Waals surface area contributed by atoms with Crippen LogP contribution < -0.4 is 15.4 Å². The van der Waals surface area contributed by atoms with Gasteiger partial charge in [0.25, 0.3) is 5.91 Å². The summed E-state index contributed by atoms with van der Waals surface area (Å²) in [5.41, 5.74) is 0.728. The number of aromatic nitrogens is 2. The zero-order valence-electron chi connectivity index (χ0n) is 10.5. The van der Waals surface area contributed by atoms with Crippen molar-refractivity contribution in [2.75, 3.05) is 19.5 Å². The Bertz CT molecular complexity index is 597. The standard InChI is InChI=1S/C12H13FN4O2/c1-14-12(18)8-6-15-17-11(8)16-9-5-7(13)3-4-10(9)19-2/h3-6H,1-2H3,(H,14,18)(H2,15,16,17). The molecule has 2 rings (SSSR count). The number of hydrogen-bond acceptors (Lipinski definition) is 4. The molecule has 1 aromatic heterocycles. The van der Waals surface area contributed by atoms with E-state index in [9.17, 15) is 9.18 Å². The lowest BCUT2D eigenvalue weighted by atomic mass is 10.2. The van der Waals surface area contributed by atoms with Crippen molar-refractivity contribution in [2.24, 2.45) is 0 Å². The van der Waals surface area contributed by atoms with E-state index in [0.29, 0.717) is 22.8 Å². The molecule has 100 valence electrons. The van der Waals surface area contributed by atoms with E-state index in [1.165, 1.54) is 38.6 Å². The van der Waals surface area contributed by atoms with Crippen LogP contribution in [0.15, 0.2) is 24.4 Å². The molecule has 0 aliphatic rings. The minimum absolute atomic E-state index is 0.299. The number of carbonyl (C=O) groups excluding carboxylic acids is 1. The quantitative estimate of drug-likeness (QED) is 0.784. The summed E-state index contributed by atoms with van der Waals surface area (Å²) in [6.45, 7) is 0. The summed E-state index contributed by atoms with van der Waals surface area (Å²) < 4.78 is 18.3. The van der Waals surface area contributed by atoms with E-state index in [1.54, 1.807) is 0 Å². The predicted molar refractivity (Wildman–Crippen MR) is 68.2 cm³/mol. The van der Waals surface area contributed by atoms with Gasteiger partial charge in [-0.05, 0) is 12.1 Å². The first-order valence-electron chi connectivity index (χ1n) is 5.51. The van der Waals surface area contributed by atoms with Gasteiger partial charge in [-0.2, -0.15) is 5.10 Å². The largest absolute Gasteiger partial charge is 0.495 e. The van der Waals surface area contributed by atoms with Crippen molar-refractivity contribution in [3.8, 4) is 5.75 Å². The normalized spacial score (nSPS) is 10.1. The number of H-pyrrole nitrogens is 1. The molecule has 0 unspecified atom stereocenters. The smallest absolute Gasteiger partial charge is 0.256 e. The SMILES string of the molecule is CNC(=O)c1cn[nH]c1Nc1cc(F)ccc1OC. The fraction of sp³-hybridized carbons (Fsp3) is 0.167. The number of ether oxygens (including phenoxy) is 1. The highest BCUT2D eigenvalue weighted by molar-refractivity contribution is 5.99. The van der Waals surface area contributed by atoms with Gasteiger partial charge in [0.05, 0.1) is 19.0 Å². The third-order valence-electron chi connectivity index (χ3n) is 2.53. The Kier molecular flexibility index (Phi) is 3.65. The van der Waals surface area contributed by atoms with Crippen molar-refractivity contribution in [3.63, 3.8) is 0 Å². The average molecular weight is 264 g/mol. The van der Waals surface area contributed by atoms with E-state index >= 15 is 0 Å². The van der Waals surface area contributed by atoms with E-state index in [1.807, 2.05) is 0 Å². The number of hydrogen-bond donors (Lipinski definition) is 3. The Balaban J connectivity index is 2.34. The van der Waals surface area contributed by atoms with Crippen molar-refractivity contribution in [2.45, 2.75) is 0 Å². The van der Waals surface area contributed by atoms with Crippen LogP contribution in [0.5, 0.6) is 5.75 Å². The second kappa shape index (κ2) is 5.38. The number of rotatable bonds is 4. The number of anilines is 2. The van der Waals surface area contributed by atoms with Crippen LogP contribution in [0.4, 0.5) is 15.9 Å². The minimum atomic E-state index is -0.413. The molecule has 7 heteroatoms. The maximum absolute atomic E-state index is 13.2. The van der Waals surface area contributed by atoms with E-state index in [4.69, 9.17) is 4.74 Å². The third-order valence-corrected chi connectivity index (χ3v) is 2.53. The van der Waals surface area contributed by atoms with E-state index in [2.05, 4.69) is 20.8 Å². The van der Waals surface area contributed by atoms with Crippen LogP contribution in [0, 0.1) is 5.82 Å². The molecule has 2 aromatic rings. The van der Waals surface area contributed by atoms with Gasteiger partial charge < -0.3 is 15.4 Å². The van der Waals surface area contributed by atoms with Crippen LogP contribution in [0.25, 0.3) is 0 Å². The molecule has 1 heterocycles. The van der Waals surface area contributed by atoms with Crippen LogP contribution in [0.1, 0.15) is 10.4 Å². The number of benzene rings is 1. The third kappa shape index (κ3) is 2.65. The molecule has 19 heavy (non-hydrogen) atoms. The molecule has 0 aliphatic heterocycles. The molecule has 0 fully saturated rings. The summed E-state index contributed by atoms with van der Waals surface area (Å²) in [6, 6.07) is 4.05. The van der Waals surface area contributed by atoms with Gasteiger partial charge in [0.1, 0.15) is 22.9 Å². The van der Waals surface area contributed by atoms with Crippen LogP contribution in [0.3, 0.4) is 0 Å². The second-order valence-electron chi connectivity index (χ2n) is 3.71. The Labute approximate surface area is 109 Å². The maximum atomic E-state index is 13.2. The van der Waals surface area contributed by atoms with Crippen molar-refractivity contribution >= 4 is 17.4 Å². The fourth-order valence-electron chi connectivity index (χ4n) is 1.60. The average Bonchev–Trinajstić information content (AvgIpc) is 2.86. The van der Waals surface area contributed by atoms with Gasteiger partial charge in [-0.1, -0.05) is 0 Å². The number of nitrogens with one attached hydrogen (secondary N) is 3. The van der Waals surface area contributed by atoms with E-state index < -0.39 is 5.82 Å². The van der Waals surface area contributed by atoms with Crippen LogP contribution in [-0.4, -0.2) is 30.3 Å². The first-order chi connectivity index (χ1) is 9.15. The Morgan fingerprint density at radius 1 is 1.47 bits per heavy atom. The number of halogens is 1. The van der Waals surface area contributed by atoms with Gasteiger partial charge >= 0.3 is 0 Å². The molecular formula is C12H13FN4O2. The van der Waals surface area contributed by atoms with Gasteiger partial charge in [0.15, 0.2) is 0 Å². The van der Waals surface area contributed by atoms with Gasteiger partial charge in [-0.15, -0.1) is 0 Å². The molecule has 0 spiro atoms. The summed E-state index contributed by atoms with van der Waals surface area (Å²) in [5, 5.41) is 11.8. The summed E-state index contributed by atoms with van der Waals surface area (Å²) in [6.07, 6.45) is 1.38. The predicted octanol–water partition coefficient (Wildman–Crippen LogP) is 1.66. The number of aromatic amines is 1. The highest BCUT2D eigenvalue weighted by Crippen LogP contribution is 2.28. The van der Waals surface area contributed by atoms with Crippen molar-refractivity contribution in [1.82, 2.24) is 15.5 Å². The van der Waals surface area contributed by atoms with Gasteiger partial charge in [0.2, 0.25) is 0 Å². The maximum Gasteiger partial charge on any atom is 0.256 e. The highest BCUT2D eigenvalue weighted by atomic mass is 19.1. The number of amides is 1. The van der Waals surface area contributed by atoms with Gasteiger partial charge in [-0.3, -0.25) is 9.89 Å². The van der Waals surface area contributed by atoms with E-state index in [-0.39, 0.29) is 5.91 Å². The van der Waals surface area contributed by atoms with Crippen molar-refractivity contribution < 1.29 is 13.9 Å². The molecule has 0 saturated heterocycles. The van der Waals surface area contributed by atoms with Gasteiger partial charge in [0, 0.05) is 13.1 Å². The Morgan fingerprint density at radius 3 is 2.95 bits per heavy atom. The lowest BCUT2D eigenvalue weighted by Gasteiger charge is -2.10. The first-order valence-corrected chi connectivity index (χ1v) is 5.51. The molecule has 0 aliphatic carbocycles. The summed E-state index contributed by atoms with van der Waals surface area (Å²) >= 11 is 0. The number of nitrogens with zero attached hydrogens (tertiary/aromatic N) is 1. The molecule has 3 N–H and O–H groups in total. The Morgan fingerprint density at radius 2 is 2.26 bits per heavy atom. The second-order valence-corrected chi connectivity index (χ2v) is 3.71. The lowest BCUT2D eigenvalue weighted by molar-refractivity contribution is 0.0964. The number of carbonyl (C=O) groups is 1. The van der Waals surface area contributed by atoms with E-state index in [0.717, 1.165) is 0 Å². The Hall–Kier alpha value is -2.57. The van der Waals surface area contributed by atoms with Crippen LogP contribution >= 0.6 is 0 Å². The highest BCUT2D eigenvalue weighted by Gasteiger charge is 2.14. The topological polar surface area (TPSA) is 79.0 Å². The van der Waals surface area contributed by atoms with Crippen LogP contribution in [0.2, 0.25) is 0 Å². The molecule has 1 aromatic carbocycles. The molecule has 0 radical (unpaired) electrons. The summed E-state index contributed by atoms with van der Waals surface area (Å²) in [4.78, 5) is 11.6. The minimum Gasteiger partial charge on any atom is -0.495 e. The summed E-state index contributed by atoms with van der Waals surface area (Å²) in [5.74, 6) is 0.109. The lowest BCUT2D eigenvalue weighted by Crippen LogP contribution is -2.18.